The summed E-state index contributed by atoms with van der Waals surface area (Å²) in [4.78, 5) is 46.2. The van der Waals surface area contributed by atoms with Crippen molar-refractivity contribution < 1.29 is 28.2 Å². The van der Waals surface area contributed by atoms with Gasteiger partial charge in [-0.1, -0.05) is 30.3 Å². The number of non-ortho nitro benzene ring substituents is 2. The minimum atomic E-state index is -1.65. The first-order valence-corrected chi connectivity index (χ1v) is 9.22. The van der Waals surface area contributed by atoms with E-state index in [4.69, 9.17) is 0 Å². The number of carbonyl (C=O) groups is 2. The van der Waals surface area contributed by atoms with E-state index in [0.29, 0.717) is 0 Å². The third-order valence-electron chi connectivity index (χ3n) is 4.49. The van der Waals surface area contributed by atoms with Crippen molar-refractivity contribution in [3.63, 3.8) is 0 Å². The Balaban J connectivity index is 1.95. The largest absolute Gasteiger partial charge is 0.322 e. The van der Waals surface area contributed by atoms with Gasteiger partial charge in [0.05, 0.1) is 21.2 Å². The Morgan fingerprint density at radius 1 is 0.727 bits per heavy atom. The van der Waals surface area contributed by atoms with Gasteiger partial charge in [-0.25, -0.2) is 8.78 Å². The highest BCUT2D eigenvalue weighted by atomic mass is 19.1. The maximum absolute atomic E-state index is 14.1. The zero-order valence-electron chi connectivity index (χ0n) is 16.5. The molecule has 0 saturated carbocycles. The molecule has 0 heterocycles. The van der Waals surface area contributed by atoms with Crippen LogP contribution < -0.4 is 10.6 Å². The van der Waals surface area contributed by atoms with E-state index in [1.807, 2.05) is 0 Å². The van der Waals surface area contributed by atoms with E-state index in [0.717, 1.165) is 36.4 Å². The third-order valence-corrected chi connectivity index (χ3v) is 4.49. The second kappa shape index (κ2) is 9.60. The zero-order valence-corrected chi connectivity index (χ0v) is 16.5. The maximum Gasteiger partial charge on any atom is 0.271 e. The van der Waals surface area contributed by atoms with Gasteiger partial charge in [-0.3, -0.25) is 29.8 Å². The van der Waals surface area contributed by atoms with Crippen LogP contribution >= 0.6 is 0 Å². The van der Waals surface area contributed by atoms with Crippen LogP contribution in [0.4, 0.5) is 31.5 Å². The first kappa shape index (κ1) is 22.9. The molecule has 3 rings (SSSR count). The number of carbonyl (C=O) groups excluding carboxylic acids is 2. The molecular formula is C21H14F2N4O6. The average molecular weight is 456 g/mol. The fourth-order valence-corrected chi connectivity index (χ4v) is 2.92. The second-order valence-corrected chi connectivity index (χ2v) is 6.66. The SMILES string of the molecule is O=C(Nc1cc([N+](=O)[O-])ccc1F)C(C(=O)Nc1cc([N+](=O)[O-])ccc1F)c1ccccc1. The average Bonchev–Trinajstić information content (AvgIpc) is 2.77. The van der Waals surface area contributed by atoms with E-state index in [1.54, 1.807) is 6.07 Å². The lowest BCUT2D eigenvalue weighted by atomic mass is 9.96. The van der Waals surface area contributed by atoms with Crippen LogP contribution in [0.25, 0.3) is 0 Å². The number of nitro groups is 2. The van der Waals surface area contributed by atoms with E-state index in [2.05, 4.69) is 10.6 Å². The van der Waals surface area contributed by atoms with Crippen molar-refractivity contribution in [2.24, 2.45) is 0 Å². The summed E-state index contributed by atoms with van der Waals surface area (Å²) in [5.41, 5.74) is -1.92. The van der Waals surface area contributed by atoms with Gasteiger partial charge in [0.1, 0.15) is 17.6 Å². The van der Waals surface area contributed by atoms with Gasteiger partial charge >= 0.3 is 0 Å². The Labute approximate surface area is 184 Å². The lowest BCUT2D eigenvalue weighted by Crippen LogP contribution is -2.32. The molecule has 0 aliphatic carbocycles. The minimum absolute atomic E-state index is 0.143. The summed E-state index contributed by atoms with van der Waals surface area (Å²) in [7, 11) is 0. The number of hydrogen-bond donors (Lipinski definition) is 2. The minimum Gasteiger partial charge on any atom is -0.322 e. The van der Waals surface area contributed by atoms with E-state index >= 15 is 0 Å². The van der Waals surface area contributed by atoms with Gasteiger partial charge in [-0.15, -0.1) is 0 Å². The van der Waals surface area contributed by atoms with Gasteiger partial charge in [0, 0.05) is 24.3 Å². The molecule has 0 unspecified atom stereocenters. The fourth-order valence-electron chi connectivity index (χ4n) is 2.92. The maximum atomic E-state index is 14.1. The molecule has 3 aromatic carbocycles. The van der Waals surface area contributed by atoms with Gasteiger partial charge in [0.15, 0.2) is 0 Å². The number of benzene rings is 3. The molecule has 10 nitrogen and oxygen atoms in total. The van der Waals surface area contributed by atoms with Crippen molar-refractivity contribution in [1.82, 2.24) is 0 Å². The normalized spacial score (nSPS) is 10.5. The summed E-state index contributed by atoms with van der Waals surface area (Å²) in [6.45, 7) is 0. The first-order valence-electron chi connectivity index (χ1n) is 9.22. The number of halogens is 2. The monoisotopic (exact) mass is 456 g/mol. The first-order chi connectivity index (χ1) is 15.7. The van der Waals surface area contributed by atoms with Crippen molar-refractivity contribution in [1.29, 1.82) is 0 Å². The molecule has 0 fully saturated rings. The molecule has 168 valence electrons. The summed E-state index contributed by atoms with van der Waals surface area (Å²) in [6, 6.07) is 12.4. The van der Waals surface area contributed by atoms with Crippen LogP contribution in [0.2, 0.25) is 0 Å². The number of anilines is 2. The predicted molar refractivity (Wildman–Crippen MR) is 113 cm³/mol. The molecule has 33 heavy (non-hydrogen) atoms. The number of nitro benzene ring substituents is 2. The highest BCUT2D eigenvalue weighted by Gasteiger charge is 2.30. The molecule has 0 aliphatic heterocycles. The molecule has 0 atom stereocenters. The van der Waals surface area contributed by atoms with Crippen molar-refractivity contribution in [2.45, 2.75) is 5.92 Å². The summed E-state index contributed by atoms with van der Waals surface area (Å²) in [6.07, 6.45) is 0. The molecule has 2 amide bonds. The van der Waals surface area contributed by atoms with Crippen LogP contribution in [0.15, 0.2) is 66.7 Å². The van der Waals surface area contributed by atoms with E-state index in [1.165, 1.54) is 24.3 Å². The van der Waals surface area contributed by atoms with Crippen LogP contribution in [0.5, 0.6) is 0 Å². The van der Waals surface area contributed by atoms with Crippen LogP contribution in [0.1, 0.15) is 11.5 Å². The van der Waals surface area contributed by atoms with Gasteiger partial charge in [-0.05, 0) is 17.7 Å². The molecule has 0 aromatic heterocycles. The van der Waals surface area contributed by atoms with Crippen LogP contribution in [0.3, 0.4) is 0 Å². The lowest BCUT2D eigenvalue weighted by Gasteiger charge is -2.18. The topological polar surface area (TPSA) is 144 Å². The Hall–Kier alpha value is -4.74. The van der Waals surface area contributed by atoms with Crippen molar-refractivity contribution in [3.8, 4) is 0 Å². The molecule has 0 radical (unpaired) electrons. The predicted octanol–water partition coefficient (Wildman–Crippen LogP) is 4.14. The van der Waals surface area contributed by atoms with E-state index in [9.17, 15) is 38.6 Å². The number of amides is 2. The Kier molecular flexibility index (Phi) is 6.67. The highest BCUT2D eigenvalue weighted by Crippen LogP contribution is 2.27. The van der Waals surface area contributed by atoms with Crippen LogP contribution in [-0.4, -0.2) is 21.7 Å². The van der Waals surface area contributed by atoms with Crippen molar-refractivity contribution >= 4 is 34.6 Å². The van der Waals surface area contributed by atoms with E-state index in [-0.39, 0.29) is 5.56 Å². The summed E-state index contributed by atoms with van der Waals surface area (Å²) >= 11 is 0. The fraction of sp³-hybridized carbons (Fsp3) is 0.0476. The van der Waals surface area contributed by atoms with Crippen molar-refractivity contribution in [3.05, 3.63) is 104 Å². The van der Waals surface area contributed by atoms with Gasteiger partial charge < -0.3 is 10.6 Å². The molecule has 2 N–H and O–H groups in total. The molecule has 0 bridgehead atoms. The quantitative estimate of drug-likeness (QED) is 0.311. The molecule has 3 aromatic rings. The summed E-state index contributed by atoms with van der Waals surface area (Å²) < 4.78 is 28.3. The standard InChI is InChI=1S/C21H14F2N4O6/c22-15-8-6-13(26(30)31)10-17(15)24-20(28)19(12-4-2-1-3-5-12)21(29)25-18-11-14(27(32)33)7-9-16(18)23/h1-11,19H,(H,24,28)(H,25,29). The molecule has 0 saturated heterocycles. The highest BCUT2D eigenvalue weighted by molar-refractivity contribution is 6.15. The van der Waals surface area contributed by atoms with Gasteiger partial charge in [0.2, 0.25) is 11.8 Å². The Bertz CT molecular complexity index is 1180. The van der Waals surface area contributed by atoms with Crippen molar-refractivity contribution in [2.75, 3.05) is 10.6 Å². The van der Waals surface area contributed by atoms with Crippen LogP contribution in [0, 0.1) is 31.9 Å². The van der Waals surface area contributed by atoms with Gasteiger partial charge in [0.25, 0.3) is 11.4 Å². The Morgan fingerprint density at radius 3 is 1.55 bits per heavy atom. The molecule has 12 heteroatoms. The second-order valence-electron chi connectivity index (χ2n) is 6.66. The zero-order chi connectivity index (χ0) is 24.1. The molecule has 0 aliphatic rings. The Morgan fingerprint density at radius 2 is 1.15 bits per heavy atom. The lowest BCUT2D eigenvalue weighted by molar-refractivity contribution is -0.385. The third kappa shape index (κ3) is 5.31. The summed E-state index contributed by atoms with van der Waals surface area (Å²) in [5.74, 6) is -5.74. The number of hydrogen-bond acceptors (Lipinski definition) is 6. The molecule has 0 spiro atoms. The number of nitrogens with zero attached hydrogens (tertiary/aromatic N) is 2. The van der Waals surface area contributed by atoms with Crippen LogP contribution in [-0.2, 0) is 9.59 Å². The number of rotatable bonds is 7. The molecular weight excluding hydrogens is 442 g/mol. The summed E-state index contributed by atoms with van der Waals surface area (Å²) in [5, 5.41) is 26.2. The smallest absolute Gasteiger partial charge is 0.271 e. The number of nitrogens with one attached hydrogen (secondary N) is 2. The van der Waals surface area contributed by atoms with Gasteiger partial charge in [-0.2, -0.15) is 0 Å². The van der Waals surface area contributed by atoms with E-state index < -0.39 is 62.0 Å².